The molecule has 2 N–H and O–H groups in total. The van der Waals surface area contributed by atoms with E-state index in [1.807, 2.05) is 35.2 Å². The monoisotopic (exact) mass is 543 g/mol. The molecule has 1 saturated heterocycles. The Morgan fingerprint density at radius 1 is 1.11 bits per heavy atom. The van der Waals surface area contributed by atoms with Gasteiger partial charge in [0.15, 0.2) is 0 Å². The molecule has 37 heavy (non-hydrogen) atoms. The fraction of sp³-hybridized carbons (Fsp3) is 0.464. The molecule has 1 amide bonds. The lowest BCUT2D eigenvalue weighted by atomic mass is 9.85. The SMILES string of the molecule is CC(C)[C@H]1COCCN1C(=O)[C@H]1CC[C@H](NS(=O)(=O)c2ccc3c(Cl)c(-c4ccccc4)[nH]c3c2)CC1. The van der Waals surface area contributed by atoms with Crippen molar-refractivity contribution in [2.45, 2.75) is 56.5 Å². The van der Waals surface area contributed by atoms with E-state index in [0.717, 1.165) is 16.6 Å². The summed E-state index contributed by atoms with van der Waals surface area (Å²) in [5.74, 6) is 0.462. The molecule has 1 aromatic heterocycles. The van der Waals surface area contributed by atoms with Crippen LogP contribution < -0.4 is 4.72 Å². The van der Waals surface area contributed by atoms with Gasteiger partial charge in [-0.1, -0.05) is 55.8 Å². The largest absolute Gasteiger partial charge is 0.377 e. The third-order valence-electron chi connectivity index (χ3n) is 7.70. The van der Waals surface area contributed by atoms with Gasteiger partial charge in [-0.15, -0.1) is 0 Å². The van der Waals surface area contributed by atoms with Gasteiger partial charge in [-0.05, 0) is 55.4 Å². The van der Waals surface area contributed by atoms with Crippen molar-refractivity contribution >= 4 is 38.4 Å². The molecule has 3 aromatic rings. The van der Waals surface area contributed by atoms with Gasteiger partial charge in [-0.25, -0.2) is 13.1 Å². The van der Waals surface area contributed by atoms with Crippen LogP contribution in [0.4, 0.5) is 0 Å². The van der Waals surface area contributed by atoms with Crippen LogP contribution in [0, 0.1) is 11.8 Å². The summed E-state index contributed by atoms with van der Waals surface area (Å²) in [6.45, 7) is 6.03. The zero-order valence-corrected chi connectivity index (χ0v) is 22.8. The number of nitrogens with one attached hydrogen (secondary N) is 2. The summed E-state index contributed by atoms with van der Waals surface area (Å²) >= 11 is 6.60. The van der Waals surface area contributed by atoms with E-state index in [9.17, 15) is 13.2 Å². The Morgan fingerprint density at radius 3 is 2.54 bits per heavy atom. The average Bonchev–Trinajstić information content (AvgIpc) is 3.24. The topological polar surface area (TPSA) is 91.5 Å². The number of morpholine rings is 1. The highest BCUT2D eigenvalue weighted by molar-refractivity contribution is 7.89. The lowest BCUT2D eigenvalue weighted by Crippen LogP contribution is -2.53. The first-order valence-corrected chi connectivity index (χ1v) is 14.9. The van der Waals surface area contributed by atoms with Crippen LogP contribution in [0.25, 0.3) is 22.2 Å². The van der Waals surface area contributed by atoms with Gasteiger partial charge in [0, 0.05) is 29.4 Å². The van der Waals surface area contributed by atoms with E-state index < -0.39 is 10.0 Å². The molecule has 1 atom stereocenters. The summed E-state index contributed by atoms with van der Waals surface area (Å²) in [5.41, 5.74) is 2.38. The number of hydrogen-bond acceptors (Lipinski definition) is 4. The number of fused-ring (bicyclic) bond motifs is 1. The second-order valence-corrected chi connectivity index (χ2v) is 12.6. The predicted octanol–water partition coefficient (Wildman–Crippen LogP) is 5.21. The molecule has 1 saturated carbocycles. The first-order valence-electron chi connectivity index (χ1n) is 13.0. The minimum absolute atomic E-state index is 0.0612. The van der Waals surface area contributed by atoms with Gasteiger partial charge in [-0.2, -0.15) is 0 Å². The number of benzene rings is 2. The number of hydrogen-bond donors (Lipinski definition) is 2. The second-order valence-electron chi connectivity index (χ2n) is 10.5. The summed E-state index contributed by atoms with van der Waals surface area (Å²) in [5, 5.41) is 1.35. The molecule has 0 radical (unpaired) electrons. The zero-order valence-electron chi connectivity index (χ0n) is 21.2. The van der Waals surface area contributed by atoms with Crippen molar-refractivity contribution < 1.29 is 17.9 Å². The summed E-state index contributed by atoms with van der Waals surface area (Å²) in [4.78, 5) is 18.7. The van der Waals surface area contributed by atoms with Gasteiger partial charge < -0.3 is 14.6 Å². The number of ether oxygens (including phenoxy) is 1. The predicted molar refractivity (Wildman–Crippen MR) is 146 cm³/mol. The van der Waals surface area contributed by atoms with Crippen LogP contribution in [0.3, 0.4) is 0 Å². The van der Waals surface area contributed by atoms with E-state index in [-0.39, 0.29) is 28.8 Å². The van der Waals surface area contributed by atoms with E-state index in [0.29, 0.717) is 61.9 Å². The molecule has 1 aliphatic heterocycles. The number of carbonyl (C=O) groups excluding carboxylic acids is 1. The average molecular weight is 544 g/mol. The Morgan fingerprint density at radius 2 is 1.84 bits per heavy atom. The molecular formula is C28H34ClN3O4S. The summed E-state index contributed by atoms with van der Waals surface area (Å²) in [7, 11) is -3.72. The molecule has 0 unspecified atom stereocenters. The zero-order chi connectivity index (χ0) is 26.2. The Balaban J connectivity index is 1.25. The molecule has 198 valence electrons. The number of sulfonamides is 1. The molecule has 2 heterocycles. The normalized spacial score (nSPS) is 23.0. The molecule has 2 fully saturated rings. The van der Waals surface area contributed by atoms with Gasteiger partial charge in [0.2, 0.25) is 15.9 Å². The minimum atomic E-state index is -3.72. The van der Waals surface area contributed by atoms with Gasteiger partial charge in [0.25, 0.3) is 0 Å². The Kier molecular flexibility index (Phi) is 7.63. The molecule has 2 aliphatic rings. The summed E-state index contributed by atoms with van der Waals surface area (Å²) < 4.78 is 35.0. The summed E-state index contributed by atoms with van der Waals surface area (Å²) in [6, 6.07) is 14.6. The van der Waals surface area contributed by atoms with Crippen LogP contribution in [0.5, 0.6) is 0 Å². The maximum Gasteiger partial charge on any atom is 0.240 e. The second kappa shape index (κ2) is 10.8. The molecule has 9 heteroatoms. The number of rotatable bonds is 6. The minimum Gasteiger partial charge on any atom is -0.377 e. The smallest absolute Gasteiger partial charge is 0.240 e. The van der Waals surface area contributed by atoms with Crippen LogP contribution in [-0.2, 0) is 19.6 Å². The number of aromatic amines is 1. The van der Waals surface area contributed by atoms with Crippen LogP contribution in [0.15, 0.2) is 53.4 Å². The van der Waals surface area contributed by atoms with Gasteiger partial charge in [0.05, 0.1) is 34.9 Å². The third kappa shape index (κ3) is 5.43. The van der Waals surface area contributed by atoms with E-state index in [4.69, 9.17) is 16.3 Å². The molecule has 5 rings (SSSR count). The van der Waals surface area contributed by atoms with Crippen LogP contribution in [-0.4, -0.2) is 56.1 Å². The van der Waals surface area contributed by atoms with Crippen molar-refractivity contribution in [2.24, 2.45) is 11.8 Å². The van der Waals surface area contributed by atoms with Gasteiger partial charge in [-0.3, -0.25) is 4.79 Å². The summed E-state index contributed by atoms with van der Waals surface area (Å²) in [6.07, 6.45) is 2.64. The lowest BCUT2D eigenvalue weighted by Gasteiger charge is -2.41. The fourth-order valence-corrected chi connectivity index (χ4v) is 7.19. The van der Waals surface area contributed by atoms with E-state index >= 15 is 0 Å². The quantitative estimate of drug-likeness (QED) is 0.446. The molecular weight excluding hydrogens is 510 g/mol. The Labute approximate surface area is 223 Å². The van der Waals surface area contributed by atoms with E-state index in [1.165, 1.54) is 0 Å². The van der Waals surface area contributed by atoms with Crippen molar-refractivity contribution in [1.82, 2.24) is 14.6 Å². The highest BCUT2D eigenvalue weighted by Gasteiger charge is 2.36. The number of nitrogens with zero attached hydrogens (tertiary/aromatic N) is 1. The molecule has 1 aliphatic carbocycles. The van der Waals surface area contributed by atoms with Gasteiger partial charge >= 0.3 is 0 Å². The molecule has 7 nitrogen and oxygen atoms in total. The van der Waals surface area contributed by atoms with Gasteiger partial charge in [0.1, 0.15) is 0 Å². The number of halogens is 1. The van der Waals surface area contributed by atoms with E-state index in [2.05, 4.69) is 23.6 Å². The number of H-pyrrole nitrogens is 1. The fourth-order valence-electron chi connectivity index (χ4n) is 5.54. The molecule has 2 aromatic carbocycles. The highest BCUT2D eigenvalue weighted by atomic mass is 35.5. The first-order chi connectivity index (χ1) is 17.7. The Hall–Kier alpha value is -2.39. The number of carbonyl (C=O) groups is 1. The lowest BCUT2D eigenvalue weighted by molar-refractivity contribution is -0.147. The standard InChI is InChI=1S/C28H34ClN3O4S/c1-18(2)25-17-36-15-14-32(25)28(33)20-8-10-21(11-9-20)31-37(34,35)22-12-13-23-24(16-22)30-27(26(23)29)19-6-4-3-5-7-19/h3-7,12-13,16,18,20-21,25,30-31H,8-11,14-15,17H2,1-2H3/t20-,21-,25-/m1/s1. The first kappa shape index (κ1) is 26.2. The highest BCUT2D eigenvalue weighted by Crippen LogP contribution is 2.35. The number of aromatic nitrogens is 1. The van der Waals surface area contributed by atoms with Crippen LogP contribution in [0.1, 0.15) is 39.5 Å². The third-order valence-corrected chi connectivity index (χ3v) is 9.61. The van der Waals surface area contributed by atoms with Crippen molar-refractivity contribution in [3.8, 4) is 11.3 Å². The van der Waals surface area contributed by atoms with Crippen LogP contribution >= 0.6 is 11.6 Å². The molecule has 0 bridgehead atoms. The van der Waals surface area contributed by atoms with Crippen molar-refractivity contribution in [3.05, 3.63) is 53.6 Å². The van der Waals surface area contributed by atoms with E-state index in [1.54, 1.807) is 18.2 Å². The Bertz CT molecular complexity index is 1360. The van der Waals surface area contributed by atoms with Crippen LogP contribution in [0.2, 0.25) is 5.02 Å². The maximum absolute atomic E-state index is 13.3. The van der Waals surface area contributed by atoms with Crippen molar-refractivity contribution in [3.63, 3.8) is 0 Å². The van der Waals surface area contributed by atoms with Crippen molar-refractivity contribution in [2.75, 3.05) is 19.8 Å². The number of amides is 1. The molecule has 0 spiro atoms. The van der Waals surface area contributed by atoms with Crippen molar-refractivity contribution in [1.29, 1.82) is 0 Å². The maximum atomic E-state index is 13.3.